The summed E-state index contributed by atoms with van der Waals surface area (Å²) in [7, 11) is 0. The predicted octanol–water partition coefficient (Wildman–Crippen LogP) is 3.91. The smallest absolute Gasteiger partial charge is 0.317 e. The van der Waals surface area contributed by atoms with Gasteiger partial charge in [-0.3, -0.25) is 9.59 Å². The summed E-state index contributed by atoms with van der Waals surface area (Å²) in [4.78, 5) is 24.3. The van der Waals surface area contributed by atoms with Crippen molar-refractivity contribution in [2.24, 2.45) is 35.5 Å². The van der Waals surface area contributed by atoms with Gasteiger partial charge in [-0.15, -0.1) is 0 Å². The molecule has 0 radical (unpaired) electrons. The van der Waals surface area contributed by atoms with E-state index in [0.717, 1.165) is 0 Å². The third-order valence-electron chi connectivity index (χ3n) is 3.62. The largest absolute Gasteiger partial charge is 0.393 e. The molecule has 0 amide bonds. The second kappa shape index (κ2) is 7.66. The molecule has 0 heterocycles. The van der Waals surface area contributed by atoms with Crippen molar-refractivity contribution in [1.82, 2.24) is 0 Å². The van der Waals surface area contributed by atoms with Gasteiger partial charge in [0.1, 0.15) is 0 Å². The van der Waals surface area contributed by atoms with Crippen LogP contribution in [-0.4, -0.2) is 11.9 Å². The zero-order valence-electron chi connectivity index (χ0n) is 13.7. The molecule has 0 fully saturated rings. The van der Waals surface area contributed by atoms with Gasteiger partial charge in [0.05, 0.1) is 11.8 Å². The lowest BCUT2D eigenvalue weighted by Gasteiger charge is -2.26. The number of hydrogen-bond donors (Lipinski definition) is 0. The molecule has 3 heteroatoms. The third-order valence-corrected chi connectivity index (χ3v) is 3.62. The molecule has 0 aliphatic rings. The molecule has 0 atom stereocenters. The molecule has 0 rings (SSSR count). The van der Waals surface area contributed by atoms with Crippen LogP contribution in [0.1, 0.15) is 55.4 Å². The van der Waals surface area contributed by atoms with E-state index < -0.39 is 0 Å². The van der Waals surface area contributed by atoms with Gasteiger partial charge in [-0.1, -0.05) is 55.4 Å². The Labute approximate surface area is 118 Å². The normalized spacial score (nSPS) is 12.3. The zero-order valence-corrected chi connectivity index (χ0v) is 13.7. The Bertz CT molecular complexity index is 257. The Morgan fingerprint density at radius 1 is 0.579 bits per heavy atom. The summed E-state index contributed by atoms with van der Waals surface area (Å²) in [6, 6.07) is 0. The van der Waals surface area contributed by atoms with Crippen LogP contribution in [0.5, 0.6) is 0 Å². The zero-order chi connectivity index (χ0) is 15.3. The third kappa shape index (κ3) is 5.33. The van der Waals surface area contributed by atoms with Crippen LogP contribution < -0.4 is 0 Å². The van der Waals surface area contributed by atoms with Gasteiger partial charge in [-0.05, 0) is 23.7 Å². The van der Waals surface area contributed by atoms with Crippen LogP contribution in [0.2, 0.25) is 0 Å². The van der Waals surface area contributed by atoms with E-state index in [1.54, 1.807) is 0 Å². The minimum absolute atomic E-state index is 0.178. The molecule has 0 N–H and O–H groups in total. The van der Waals surface area contributed by atoms with Crippen LogP contribution in [0, 0.1) is 35.5 Å². The SMILES string of the molecule is CC(C)C(C(=O)OC(=O)C(C(C)C)C(C)C)C(C)C. The summed E-state index contributed by atoms with van der Waals surface area (Å²) in [5, 5.41) is 0. The van der Waals surface area contributed by atoms with Crippen molar-refractivity contribution >= 4 is 11.9 Å². The molecule has 0 unspecified atom stereocenters. The van der Waals surface area contributed by atoms with Crippen molar-refractivity contribution < 1.29 is 14.3 Å². The average molecular weight is 270 g/mol. The highest BCUT2D eigenvalue weighted by Gasteiger charge is 2.33. The van der Waals surface area contributed by atoms with E-state index in [-0.39, 0.29) is 47.4 Å². The molecule has 0 saturated carbocycles. The van der Waals surface area contributed by atoms with Gasteiger partial charge in [0, 0.05) is 0 Å². The Hall–Kier alpha value is -0.860. The molecule has 0 aliphatic carbocycles. The lowest BCUT2D eigenvalue weighted by molar-refractivity contribution is -0.169. The maximum Gasteiger partial charge on any atom is 0.317 e. The van der Waals surface area contributed by atoms with Crippen molar-refractivity contribution in [2.45, 2.75) is 55.4 Å². The van der Waals surface area contributed by atoms with Gasteiger partial charge >= 0.3 is 11.9 Å². The quantitative estimate of drug-likeness (QED) is 0.543. The monoisotopic (exact) mass is 270 g/mol. The van der Waals surface area contributed by atoms with Gasteiger partial charge < -0.3 is 4.74 Å². The number of ether oxygens (including phenoxy) is 1. The average Bonchev–Trinajstić information content (AvgIpc) is 2.13. The molecule has 112 valence electrons. The number of carbonyl (C=O) groups is 2. The van der Waals surface area contributed by atoms with Gasteiger partial charge in [0.15, 0.2) is 0 Å². The highest BCUT2D eigenvalue weighted by atomic mass is 16.6. The maximum absolute atomic E-state index is 12.1. The Balaban J connectivity index is 4.83. The first-order chi connectivity index (χ1) is 8.59. The van der Waals surface area contributed by atoms with E-state index in [1.165, 1.54) is 0 Å². The summed E-state index contributed by atoms with van der Waals surface area (Å²) in [5.41, 5.74) is 0. The Morgan fingerprint density at radius 2 is 0.789 bits per heavy atom. The minimum atomic E-state index is -0.374. The van der Waals surface area contributed by atoms with Crippen LogP contribution in [0.4, 0.5) is 0 Å². The molecule has 0 bridgehead atoms. The molecular weight excluding hydrogens is 240 g/mol. The minimum Gasteiger partial charge on any atom is -0.393 e. The molecule has 19 heavy (non-hydrogen) atoms. The van der Waals surface area contributed by atoms with E-state index in [1.807, 2.05) is 55.4 Å². The van der Waals surface area contributed by atoms with Crippen molar-refractivity contribution in [3.05, 3.63) is 0 Å². The summed E-state index contributed by atoms with van der Waals surface area (Å²) in [6.07, 6.45) is 0. The van der Waals surface area contributed by atoms with Crippen LogP contribution >= 0.6 is 0 Å². The van der Waals surface area contributed by atoms with Crippen molar-refractivity contribution in [1.29, 1.82) is 0 Å². The summed E-state index contributed by atoms with van der Waals surface area (Å²) in [6.45, 7) is 15.9. The van der Waals surface area contributed by atoms with Gasteiger partial charge in [-0.25, -0.2) is 0 Å². The first kappa shape index (κ1) is 18.1. The molecule has 0 aromatic rings. The standard InChI is InChI=1S/C16H30O3/c1-9(2)13(10(3)4)15(17)19-16(18)14(11(5)6)12(7)8/h9-14H,1-8H3. The van der Waals surface area contributed by atoms with Crippen molar-refractivity contribution in [3.8, 4) is 0 Å². The van der Waals surface area contributed by atoms with E-state index in [2.05, 4.69) is 0 Å². The van der Waals surface area contributed by atoms with E-state index in [0.29, 0.717) is 0 Å². The lowest BCUT2D eigenvalue weighted by atomic mass is 9.84. The van der Waals surface area contributed by atoms with Crippen LogP contribution in [0.25, 0.3) is 0 Å². The number of carbonyl (C=O) groups excluding carboxylic acids is 2. The second-order valence-electron chi connectivity index (χ2n) is 6.77. The second-order valence-corrected chi connectivity index (χ2v) is 6.77. The van der Waals surface area contributed by atoms with Crippen LogP contribution in [0.3, 0.4) is 0 Å². The molecule has 0 spiro atoms. The fraction of sp³-hybridized carbons (Fsp3) is 0.875. The Morgan fingerprint density at radius 3 is 0.947 bits per heavy atom. The van der Waals surface area contributed by atoms with Crippen molar-refractivity contribution in [2.75, 3.05) is 0 Å². The fourth-order valence-corrected chi connectivity index (χ4v) is 2.86. The number of hydrogen-bond acceptors (Lipinski definition) is 3. The molecule has 0 saturated heterocycles. The molecule has 3 nitrogen and oxygen atoms in total. The van der Waals surface area contributed by atoms with Crippen molar-refractivity contribution in [3.63, 3.8) is 0 Å². The fourth-order valence-electron chi connectivity index (χ4n) is 2.86. The predicted molar refractivity (Wildman–Crippen MR) is 77.4 cm³/mol. The lowest BCUT2D eigenvalue weighted by Crippen LogP contribution is -2.34. The first-order valence-electron chi connectivity index (χ1n) is 7.35. The Kier molecular flexibility index (Phi) is 7.32. The number of rotatable bonds is 6. The topological polar surface area (TPSA) is 43.4 Å². The van der Waals surface area contributed by atoms with E-state index in [9.17, 15) is 9.59 Å². The highest BCUT2D eigenvalue weighted by Crippen LogP contribution is 2.26. The van der Waals surface area contributed by atoms with E-state index >= 15 is 0 Å². The molecule has 0 aliphatic heterocycles. The summed E-state index contributed by atoms with van der Waals surface area (Å²) < 4.78 is 5.14. The molecule has 0 aromatic carbocycles. The van der Waals surface area contributed by atoms with Gasteiger partial charge in [0.2, 0.25) is 0 Å². The summed E-state index contributed by atoms with van der Waals surface area (Å²) >= 11 is 0. The highest BCUT2D eigenvalue weighted by molar-refractivity contribution is 5.88. The first-order valence-corrected chi connectivity index (χ1v) is 7.35. The van der Waals surface area contributed by atoms with Gasteiger partial charge in [-0.2, -0.15) is 0 Å². The van der Waals surface area contributed by atoms with Crippen LogP contribution in [0.15, 0.2) is 0 Å². The van der Waals surface area contributed by atoms with Gasteiger partial charge in [0.25, 0.3) is 0 Å². The maximum atomic E-state index is 12.1. The molecular formula is C16H30O3. The number of esters is 2. The summed E-state index contributed by atoms with van der Waals surface area (Å²) in [5.74, 6) is -0.474. The van der Waals surface area contributed by atoms with E-state index in [4.69, 9.17) is 4.74 Å². The van der Waals surface area contributed by atoms with Crippen LogP contribution in [-0.2, 0) is 14.3 Å². The molecule has 0 aromatic heterocycles.